The van der Waals surface area contributed by atoms with E-state index in [1.54, 1.807) is 43.3 Å². The van der Waals surface area contributed by atoms with E-state index in [2.05, 4.69) is 62.9 Å². The highest BCUT2D eigenvalue weighted by Crippen LogP contribution is 2.42. The summed E-state index contributed by atoms with van der Waals surface area (Å²) in [5, 5.41) is 22.7. The lowest BCUT2D eigenvalue weighted by molar-refractivity contribution is -0.118. The van der Waals surface area contributed by atoms with Gasteiger partial charge in [0.15, 0.2) is 23.0 Å². The molecule has 20 heteroatoms. The van der Waals surface area contributed by atoms with E-state index in [-0.39, 0.29) is 82.4 Å². The maximum Gasteiger partial charge on any atom is 0.342 e. The van der Waals surface area contributed by atoms with Crippen molar-refractivity contribution >= 4 is 64.3 Å². The molecule has 2 heterocycles. The van der Waals surface area contributed by atoms with Crippen LogP contribution in [-0.4, -0.2) is 92.2 Å². The molecule has 0 aliphatic rings. The van der Waals surface area contributed by atoms with Gasteiger partial charge in [-0.3, -0.25) is 24.0 Å². The Bertz CT molecular complexity index is 2980. The van der Waals surface area contributed by atoms with Crippen LogP contribution in [0, 0.1) is 11.3 Å². The first-order valence-electron chi connectivity index (χ1n) is 22.3. The van der Waals surface area contributed by atoms with Gasteiger partial charge < -0.3 is 55.0 Å². The number of nitrogens with zero attached hydrogens (tertiary/aromatic N) is 3. The number of esters is 1. The topological polar surface area (TPSA) is 268 Å². The van der Waals surface area contributed by atoms with Crippen molar-refractivity contribution in [3.05, 3.63) is 169 Å². The highest BCUT2D eigenvalue weighted by molar-refractivity contribution is 6.10. The van der Waals surface area contributed by atoms with Crippen LogP contribution in [0.25, 0.3) is 6.08 Å². The van der Waals surface area contributed by atoms with Gasteiger partial charge in [0, 0.05) is 5.57 Å². The molecule has 0 bridgehead atoms. The molecule has 3 aromatic carbocycles. The van der Waals surface area contributed by atoms with Crippen molar-refractivity contribution in [2.45, 2.75) is 19.4 Å². The standard InChI is InChI=1S/C54H52N8O12/c1-8-26-71-37-16-12-34(13-17-37)30-33(5)49(63)58-35-14-20-43(56-31-35)52(66)62-44(24-25-55)53(67)59-36-15-21-42(57-32-36)51(65)61-41-22-18-38(45(47(41)69-6)72-27-9-2)50(64)60-40-23-19-39(54(68)74-29-11-4)46(48(40)70-7)73-28-10-3/h8-23,30-32,44H,1-4,24,26-29H2,5-7H3,(H,58,63)(H,59,67)(H,60,64)(H,61,65)(H,62,66)/b33-30+/t44-/m0/s1. The van der Waals surface area contributed by atoms with Gasteiger partial charge in [-0.2, -0.15) is 5.26 Å². The molecule has 0 spiro atoms. The van der Waals surface area contributed by atoms with Gasteiger partial charge in [-0.05, 0) is 79.2 Å². The summed E-state index contributed by atoms with van der Waals surface area (Å²) in [6.07, 6.45) is 9.71. The van der Waals surface area contributed by atoms with Crippen molar-refractivity contribution in [3.8, 4) is 34.8 Å². The van der Waals surface area contributed by atoms with Gasteiger partial charge in [0.05, 0.1) is 67.4 Å². The number of amides is 5. The first-order valence-corrected chi connectivity index (χ1v) is 22.3. The number of hydrogen-bond donors (Lipinski definition) is 5. The number of methoxy groups -OCH3 is 2. The minimum Gasteiger partial charge on any atom is -0.491 e. The van der Waals surface area contributed by atoms with Gasteiger partial charge in [0.25, 0.3) is 23.6 Å². The van der Waals surface area contributed by atoms with Crippen LogP contribution >= 0.6 is 0 Å². The first kappa shape index (κ1) is 54.9. The van der Waals surface area contributed by atoms with Crippen LogP contribution in [0.15, 0.2) is 141 Å². The zero-order chi connectivity index (χ0) is 53.6. The first-order chi connectivity index (χ1) is 35.8. The number of carbonyl (C=O) groups excluding carboxylic acids is 6. The summed E-state index contributed by atoms with van der Waals surface area (Å²) in [6, 6.07) is 18.8. The molecule has 5 N–H and O–H groups in total. The Morgan fingerprint density at radius 2 is 1.14 bits per heavy atom. The molecule has 5 amide bonds. The fourth-order valence-corrected chi connectivity index (χ4v) is 6.55. The zero-order valence-corrected chi connectivity index (χ0v) is 40.7. The summed E-state index contributed by atoms with van der Waals surface area (Å²) < 4.78 is 33.5. The molecule has 0 unspecified atom stereocenters. The van der Waals surface area contributed by atoms with Gasteiger partial charge in [-0.15, -0.1) is 0 Å². The monoisotopic (exact) mass is 1000 g/mol. The molecule has 74 heavy (non-hydrogen) atoms. The molecule has 5 rings (SSSR count). The molecule has 2 aromatic heterocycles. The minimum absolute atomic E-state index is 0.00613. The lowest BCUT2D eigenvalue weighted by Gasteiger charge is -2.20. The third-order valence-electron chi connectivity index (χ3n) is 10.0. The average molecular weight is 1010 g/mol. The third-order valence-corrected chi connectivity index (χ3v) is 10.0. The predicted octanol–water partition coefficient (Wildman–Crippen LogP) is 7.73. The van der Waals surface area contributed by atoms with Crippen molar-refractivity contribution in [2.75, 3.05) is 61.9 Å². The van der Waals surface area contributed by atoms with Crippen LogP contribution in [0.4, 0.5) is 22.7 Å². The molecule has 0 saturated carbocycles. The van der Waals surface area contributed by atoms with E-state index in [1.165, 1.54) is 93.4 Å². The van der Waals surface area contributed by atoms with Gasteiger partial charge in [-0.25, -0.2) is 14.8 Å². The van der Waals surface area contributed by atoms with E-state index in [1.807, 2.05) is 6.07 Å². The van der Waals surface area contributed by atoms with E-state index in [0.29, 0.717) is 23.6 Å². The van der Waals surface area contributed by atoms with E-state index < -0.39 is 48.0 Å². The molecule has 0 aliphatic heterocycles. The van der Waals surface area contributed by atoms with Crippen molar-refractivity contribution < 1.29 is 57.2 Å². The van der Waals surface area contributed by atoms with E-state index in [9.17, 15) is 34.0 Å². The number of rotatable bonds is 26. The quantitative estimate of drug-likeness (QED) is 0.0202. The van der Waals surface area contributed by atoms with E-state index in [4.69, 9.17) is 28.4 Å². The third kappa shape index (κ3) is 14.8. The fraction of sp³-hybridized carbons (Fsp3) is 0.167. The molecule has 20 nitrogen and oxygen atoms in total. The summed E-state index contributed by atoms with van der Waals surface area (Å²) in [7, 11) is 2.64. The van der Waals surface area contributed by atoms with Crippen molar-refractivity contribution in [3.63, 3.8) is 0 Å². The highest BCUT2D eigenvalue weighted by atomic mass is 16.5. The summed E-state index contributed by atoms with van der Waals surface area (Å²) in [5.74, 6) is -3.49. The summed E-state index contributed by atoms with van der Waals surface area (Å²) >= 11 is 0. The number of anilines is 4. The maximum atomic E-state index is 13.9. The zero-order valence-electron chi connectivity index (χ0n) is 40.7. The van der Waals surface area contributed by atoms with Gasteiger partial charge in [0.2, 0.25) is 5.91 Å². The lowest BCUT2D eigenvalue weighted by Crippen LogP contribution is -2.43. The normalized spacial score (nSPS) is 10.9. The Labute approximate surface area is 426 Å². The number of nitrogens with one attached hydrogen (secondary N) is 5. The number of aromatic nitrogens is 2. The summed E-state index contributed by atoms with van der Waals surface area (Å²) in [4.78, 5) is 87.9. The Morgan fingerprint density at radius 3 is 1.68 bits per heavy atom. The Kier molecular flexibility index (Phi) is 20.3. The molecule has 0 radical (unpaired) electrons. The van der Waals surface area contributed by atoms with Gasteiger partial charge >= 0.3 is 5.97 Å². The Morgan fingerprint density at radius 1 is 0.608 bits per heavy atom. The van der Waals surface area contributed by atoms with Gasteiger partial charge in [0.1, 0.15) is 55.2 Å². The fourth-order valence-electron chi connectivity index (χ4n) is 6.55. The summed E-state index contributed by atoms with van der Waals surface area (Å²) in [5.41, 5.74) is 1.64. The van der Waals surface area contributed by atoms with Crippen LogP contribution in [0.1, 0.15) is 60.6 Å². The van der Waals surface area contributed by atoms with Crippen molar-refractivity contribution in [2.24, 2.45) is 0 Å². The van der Waals surface area contributed by atoms with Crippen molar-refractivity contribution in [1.82, 2.24) is 15.3 Å². The molecule has 1 atom stereocenters. The SMILES string of the molecule is C=CCOC(=O)c1ccc(NC(=O)c2ccc(NC(=O)c3ccc(NC(=O)[C@H](CC#N)NC(=O)c4ccc(NC(=O)/C(C)=C/c5ccc(OCC=C)cc5)cn4)cn3)c(OC)c2OCC=C)c(OC)c1OCC=C. The summed E-state index contributed by atoms with van der Waals surface area (Å²) in [6.45, 7) is 16.4. The number of benzene rings is 3. The number of carbonyl (C=O) groups is 6. The number of nitriles is 1. The van der Waals surface area contributed by atoms with Crippen LogP contribution in [0.5, 0.6) is 28.7 Å². The second-order valence-electron chi connectivity index (χ2n) is 15.2. The molecule has 0 fully saturated rings. The highest BCUT2D eigenvalue weighted by Gasteiger charge is 2.27. The van der Waals surface area contributed by atoms with Crippen LogP contribution in [-0.2, 0) is 14.3 Å². The second kappa shape index (κ2) is 27.4. The number of pyridine rings is 2. The lowest BCUT2D eigenvalue weighted by atomic mass is 10.1. The molecular formula is C54H52N8O12. The Hall–Kier alpha value is -10.0. The van der Waals surface area contributed by atoms with Crippen LogP contribution in [0.3, 0.4) is 0 Å². The van der Waals surface area contributed by atoms with Gasteiger partial charge in [-0.1, -0.05) is 62.8 Å². The van der Waals surface area contributed by atoms with Crippen molar-refractivity contribution in [1.29, 1.82) is 5.26 Å². The predicted molar refractivity (Wildman–Crippen MR) is 277 cm³/mol. The van der Waals surface area contributed by atoms with E-state index in [0.717, 1.165) is 5.56 Å². The smallest absolute Gasteiger partial charge is 0.342 e. The van der Waals surface area contributed by atoms with Crippen LogP contribution in [0.2, 0.25) is 0 Å². The largest absolute Gasteiger partial charge is 0.491 e. The number of hydrogen-bond acceptors (Lipinski definition) is 15. The van der Waals surface area contributed by atoms with E-state index >= 15 is 0 Å². The second-order valence-corrected chi connectivity index (χ2v) is 15.2. The van der Waals surface area contributed by atoms with Crippen LogP contribution < -0.4 is 50.3 Å². The molecule has 0 saturated heterocycles. The Balaban J connectivity index is 1.23. The minimum atomic E-state index is -1.32. The molecular weight excluding hydrogens is 953 g/mol. The maximum absolute atomic E-state index is 13.9. The average Bonchev–Trinajstić information content (AvgIpc) is 3.40. The number of ether oxygens (including phenoxy) is 6. The molecule has 380 valence electrons. The molecule has 0 aliphatic carbocycles. The molecule has 5 aromatic rings.